The van der Waals surface area contributed by atoms with Crippen molar-refractivity contribution >= 4 is 22.1 Å². The molecule has 5 heterocycles. The zero-order chi connectivity index (χ0) is 27.5. The molecule has 1 atom stereocenters. The molecule has 1 aliphatic heterocycles. The van der Waals surface area contributed by atoms with Crippen molar-refractivity contribution < 1.29 is 14.6 Å². The molecule has 1 unspecified atom stereocenters. The first-order chi connectivity index (χ1) is 18.7. The van der Waals surface area contributed by atoms with Gasteiger partial charge in [0.15, 0.2) is 0 Å². The number of hydrogen-bond donors (Lipinski definition) is 1. The van der Waals surface area contributed by atoms with E-state index in [1.807, 2.05) is 44.0 Å². The summed E-state index contributed by atoms with van der Waals surface area (Å²) in [6, 6.07) is 10.5. The maximum atomic E-state index is 11.3. The van der Waals surface area contributed by atoms with Gasteiger partial charge in [-0.15, -0.1) is 5.10 Å². The largest absolute Gasteiger partial charge is 0.497 e. The molecule has 204 valence electrons. The molecule has 1 aliphatic rings. The van der Waals surface area contributed by atoms with Crippen molar-refractivity contribution in [2.45, 2.75) is 45.3 Å². The van der Waals surface area contributed by atoms with Gasteiger partial charge in [0.1, 0.15) is 28.1 Å². The Balaban J connectivity index is 1.71. The molecule has 0 saturated carbocycles. The summed E-state index contributed by atoms with van der Waals surface area (Å²) in [4.78, 5) is 5.00. The summed E-state index contributed by atoms with van der Waals surface area (Å²) in [6.45, 7) is 6.97. The maximum absolute atomic E-state index is 11.3. The summed E-state index contributed by atoms with van der Waals surface area (Å²) >= 11 is 0. The molecule has 0 spiro atoms. The molecule has 1 aromatic carbocycles. The summed E-state index contributed by atoms with van der Waals surface area (Å²) < 4.78 is 17.2. The lowest BCUT2D eigenvalue weighted by atomic mass is 9.86. The standard InChI is InChI=1S/C29H35N7O3/c1-17-24(35(5)33-31-17)20-15-22-23(30-16-20)26-27(28(29(2,3)37)32-34(26)4)36(22)25(19-11-13-39-14-12-19)18-7-9-21(38-6)10-8-18/h7-10,15-16,19,25,37H,11-14H2,1-6H3. The highest BCUT2D eigenvalue weighted by Gasteiger charge is 2.35. The van der Waals surface area contributed by atoms with E-state index >= 15 is 0 Å². The zero-order valence-corrected chi connectivity index (χ0v) is 23.3. The molecule has 0 radical (unpaired) electrons. The van der Waals surface area contributed by atoms with Gasteiger partial charge < -0.3 is 19.1 Å². The quantitative estimate of drug-likeness (QED) is 0.350. The highest BCUT2D eigenvalue weighted by molar-refractivity contribution is 6.06. The van der Waals surface area contributed by atoms with Crippen LogP contribution < -0.4 is 4.74 Å². The molecule has 0 bridgehead atoms. The van der Waals surface area contributed by atoms with Crippen LogP contribution in [-0.2, 0) is 24.4 Å². The normalized spacial score (nSPS) is 15.9. The van der Waals surface area contributed by atoms with Crippen molar-refractivity contribution in [2.24, 2.45) is 20.0 Å². The Labute approximate surface area is 227 Å². The number of aromatic nitrogens is 7. The van der Waals surface area contributed by atoms with Crippen molar-refractivity contribution in [2.75, 3.05) is 20.3 Å². The van der Waals surface area contributed by atoms with E-state index in [1.165, 1.54) is 0 Å². The van der Waals surface area contributed by atoms with Gasteiger partial charge in [-0.2, -0.15) is 5.10 Å². The molecule has 39 heavy (non-hydrogen) atoms. The van der Waals surface area contributed by atoms with Gasteiger partial charge in [0.25, 0.3) is 0 Å². The van der Waals surface area contributed by atoms with Crippen LogP contribution in [0.25, 0.3) is 33.3 Å². The van der Waals surface area contributed by atoms with Crippen molar-refractivity contribution in [3.05, 3.63) is 53.5 Å². The van der Waals surface area contributed by atoms with Crippen LogP contribution >= 0.6 is 0 Å². The van der Waals surface area contributed by atoms with E-state index in [1.54, 1.807) is 25.6 Å². The van der Waals surface area contributed by atoms with Gasteiger partial charge in [0.05, 0.1) is 35.6 Å². The smallest absolute Gasteiger partial charge is 0.118 e. The van der Waals surface area contributed by atoms with E-state index in [9.17, 15) is 5.11 Å². The zero-order valence-electron chi connectivity index (χ0n) is 23.3. The van der Waals surface area contributed by atoms with Crippen molar-refractivity contribution in [3.8, 4) is 17.0 Å². The summed E-state index contributed by atoms with van der Waals surface area (Å²) in [5.74, 6) is 1.12. The number of benzene rings is 1. The van der Waals surface area contributed by atoms with Gasteiger partial charge >= 0.3 is 0 Å². The number of hydrogen-bond acceptors (Lipinski definition) is 7. The summed E-state index contributed by atoms with van der Waals surface area (Å²) in [7, 11) is 5.50. The minimum Gasteiger partial charge on any atom is -0.497 e. The lowest BCUT2D eigenvalue weighted by molar-refractivity contribution is 0.0547. The number of pyridine rings is 1. The third-order valence-electron chi connectivity index (χ3n) is 7.91. The fourth-order valence-corrected chi connectivity index (χ4v) is 6.10. The van der Waals surface area contributed by atoms with Gasteiger partial charge in [-0.05, 0) is 63.3 Å². The SMILES string of the molecule is COc1ccc(C(C2CCOCC2)n2c3cc(-c4c(C)nnn4C)cnc3c3c2c(C(C)(C)O)nn3C)cc1. The van der Waals surface area contributed by atoms with Gasteiger partial charge in [-0.3, -0.25) is 9.67 Å². The highest BCUT2D eigenvalue weighted by Crippen LogP contribution is 2.43. The fraction of sp³-hybridized carbons (Fsp3) is 0.448. The molecule has 5 aromatic rings. The second-order valence-corrected chi connectivity index (χ2v) is 11.0. The average Bonchev–Trinajstić information content (AvgIpc) is 3.56. The molecule has 10 nitrogen and oxygen atoms in total. The van der Waals surface area contributed by atoms with E-state index < -0.39 is 5.60 Å². The molecular formula is C29H35N7O3. The third-order valence-corrected chi connectivity index (χ3v) is 7.91. The summed E-state index contributed by atoms with van der Waals surface area (Å²) in [6.07, 6.45) is 3.73. The van der Waals surface area contributed by atoms with Crippen LogP contribution in [0.4, 0.5) is 0 Å². The van der Waals surface area contributed by atoms with Crippen LogP contribution in [0.2, 0.25) is 0 Å². The Morgan fingerprint density at radius 1 is 1.08 bits per heavy atom. The lowest BCUT2D eigenvalue weighted by Gasteiger charge is -2.33. The third kappa shape index (κ3) is 4.18. The van der Waals surface area contributed by atoms with Gasteiger partial charge in [-0.25, -0.2) is 4.68 Å². The first-order valence-electron chi connectivity index (χ1n) is 13.4. The molecule has 0 aliphatic carbocycles. The molecule has 1 saturated heterocycles. The summed E-state index contributed by atoms with van der Waals surface area (Å²) in [5.41, 5.74) is 6.97. The van der Waals surface area contributed by atoms with Crippen LogP contribution in [0, 0.1) is 12.8 Å². The number of aliphatic hydroxyl groups is 1. The number of fused-ring (bicyclic) bond motifs is 3. The summed E-state index contributed by atoms with van der Waals surface area (Å²) in [5, 5.41) is 24.6. The number of ether oxygens (including phenoxy) is 2. The lowest BCUT2D eigenvalue weighted by Crippen LogP contribution is -2.28. The Hall–Kier alpha value is -3.76. The molecule has 1 N–H and O–H groups in total. The highest BCUT2D eigenvalue weighted by atomic mass is 16.5. The van der Waals surface area contributed by atoms with Gasteiger partial charge in [0.2, 0.25) is 0 Å². The fourth-order valence-electron chi connectivity index (χ4n) is 6.10. The topological polar surface area (TPSA) is 105 Å². The number of nitrogens with zero attached hydrogens (tertiary/aromatic N) is 7. The predicted molar refractivity (Wildman–Crippen MR) is 149 cm³/mol. The Morgan fingerprint density at radius 3 is 2.41 bits per heavy atom. The van der Waals surface area contributed by atoms with E-state index in [-0.39, 0.29) is 6.04 Å². The first-order valence-corrected chi connectivity index (χ1v) is 13.4. The van der Waals surface area contributed by atoms with Gasteiger partial charge in [0, 0.05) is 39.1 Å². The number of methoxy groups -OCH3 is 1. The van der Waals surface area contributed by atoms with Crippen LogP contribution in [0.15, 0.2) is 36.5 Å². The van der Waals surface area contributed by atoms with E-state index in [4.69, 9.17) is 19.6 Å². The first kappa shape index (κ1) is 25.5. The van der Waals surface area contributed by atoms with Crippen LogP contribution in [0.1, 0.15) is 49.7 Å². The number of aryl methyl sites for hydroxylation is 3. The Kier molecular flexibility index (Phi) is 6.19. The molecule has 6 rings (SSSR count). The van der Waals surface area contributed by atoms with Crippen molar-refractivity contribution in [1.29, 1.82) is 0 Å². The van der Waals surface area contributed by atoms with Gasteiger partial charge in [-0.1, -0.05) is 17.3 Å². The molecule has 1 fully saturated rings. The minimum atomic E-state index is -1.16. The average molecular weight is 530 g/mol. The molecule has 0 amide bonds. The van der Waals surface area contributed by atoms with E-state index in [0.717, 1.165) is 63.2 Å². The molecule has 10 heteroatoms. The van der Waals surface area contributed by atoms with Crippen LogP contribution in [0.3, 0.4) is 0 Å². The monoisotopic (exact) mass is 529 g/mol. The molecular weight excluding hydrogens is 494 g/mol. The molecule has 4 aromatic heterocycles. The predicted octanol–water partition coefficient (Wildman–Crippen LogP) is 4.28. The van der Waals surface area contributed by atoms with E-state index in [0.29, 0.717) is 24.8 Å². The second-order valence-electron chi connectivity index (χ2n) is 11.0. The Morgan fingerprint density at radius 2 is 1.79 bits per heavy atom. The number of rotatable bonds is 6. The second kappa shape index (κ2) is 9.46. The van der Waals surface area contributed by atoms with Crippen LogP contribution in [0.5, 0.6) is 5.75 Å². The maximum Gasteiger partial charge on any atom is 0.118 e. The minimum absolute atomic E-state index is 0.0343. The Bertz CT molecular complexity index is 1630. The van der Waals surface area contributed by atoms with Crippen molar-refractivity contribution in [3.63, 3.8) is 0 Å². The van der Waals surface area contributed by atoms with Crippen LogP contribution in [-0.4, -0.2) is 59.8 Å². The van der Waals surface area contributed by atoms with Crippen molar-refractivity contribution in [1.82, 2.24) is 34.3 Å². The van der Waals surface area contributed by atoms with E-state index in [2.05, 4.69) is 33.1 Å².